The molecule has 0 aromatic heterocycles. The number of halogens is 1. The van der Waals surface area contributed by atoms with Crippen molar-refractivity contribution in [1.29, 1.82) is 0 Å². The summed E-state index contributed by atoms with van der Waals surface area (Å²) in [4.78, 5) is 1.12. The molecular weight excluding hydrogens is 200 g/mol. The fraction of sp³-hybridized carbons (Fsp3) is 0.455. The van der Waals surface area contributed by atoms with Gasteiger partial charge in [0.05, 0.1) is 0 Å². The van der Waals surface area contributed by atoms with Crippen molar-refractivity contribution in [2.75, 3.05) is 0 Å². The highest BCUT2D eigenvalue weighted by molar-refractivity contribution is 8.21. The summed E-state index contributed by atoms with van der Waals surface area (Å²) >= 11 is 0. The van der Waals surface area contributed by atoms with Crippen molar-refractivity contribution in [3.63, 3.8) is 0 Å². The van der Waals surface area contributed by atoms with E-state index in [9.17, 15) is 0 Å². The Morgan fingerprint density at radius 3 is 2.31 bits per heavy atom. The van der Waals surface area contributed by atoms with Crippen LogP contribution in [-0.2, 0) is 5.41 Å². The topological polar surface area (TPSA) is 0 Å². The van der Waals surface area contributed by atoms with Gasteiger partial charge in [-0.05, 0) is 57.3 Å². The molecule has 0 heterocycles. The molecule has 0 radical (unpaired) electrons. The van der Waals surface area contributed by atoms with Gasteiger partial charge in [-0.1, -0.05) is 26.8 Å². The Hall–Kier alpha value is -0.140. The minimum Gasteiger partial charge on any atom is -0.0579 e. The summed E-state index contributed by atoms with van der Waals surface area (Å²) in [5, 5.41) is 0. The van der Waals surface area contributed by atoms with E-state index in [4.69, 9.17) is 10.7 Å². The van der Waals surface area contributed by atoms with Gasteiger partial charge >= 0.3 is 0 Å². The van der Waals surface area contributed by atoms with Crippen LogP contribution in [0.3, 0.4) is 0 Å². The second-order valence-electron chi connectivity index (χ2n) is 4.30. The van der Waals surface area contributed by atoms with Crippen LogP contribution in [0, 0.1) is 6.92 Å². The summed E-state index contributed by atoms with van der Waals surface area (Å²) in [6.07, 6.45) is 0. The average Bonchev–Trinajstić information content (AvgIpc) is 2.03. The molecular formula is C11H15ClS. The van der Waals surface area contributed by atoms with Crippen LogP contribution in [0.25, 0.3) is 0 Å². The molecule has 0 aliphatic rings. The maximum absolute atomic E-state index is 5.72. The normalized spacial score (nSPS) is 11.8. The molecule has 1 aromatic carbocycles. The van der Waals surface area contributed by atoms with E-state index in [1.54, 1.807) is 0 Å². The lowest BCUT2D eigenvalue weighted by molar-refractivity contribution is 0.584. The summed E-state index contributed by atoms with van der Waals surface area (Å²) < 4.78 is 0. The van der Waals surface area contributed by atoms with Crippen molar-refractivity contribution in [1.82, 2.24) is 0 Å². The van der Waals surface area contributed by atoms with E-state index in [0.717, 1.165) is 4.90 Å². The molecule has 0 saturated heterocycles. The van der Waals surface area contributed by atoms with Crippen LogP contribution in [0.1, 0.15) is 31.9 Å². The number of rotatable bonds is 1. The third-order valence-electron chi connectivity index (χ3n) is 2.11. The summed E-state index contributed by atoms with van der Waals surface area (Å²) in [6.45, 7) is 8.80. The Balaban J connectivity index is 3.19. The Morgan fingerprint density at radius 2 is 1.85 bits per heavy atom. The predicted molar refractivity (Wildman–Crippen MR) is 61.6 cm³/mol. The first-order valence-electron chi connectivity index (χ1n) is 4.35. The minimum absolute atomic E-state index is 0.201. The molecule has 2 heteroatoms. The highest BCUT2D eigenvalue weighted by Gasteiger charge is 2.16. The van der Waals surface area contributed by atoms with E-state index in [-0.39, 0.29) is 5.41 Å². The van der Waals surface area contributed by atoms with E-state index in [1.165, 1.54) is 22.1 Å². The van der Waals surface area contributed by atoms with E-state index < -0.39 is 0 Å². The lowest BCUT2D eigenvalue weighted by atomic mass is 9.84. The van der Waals surface area contributed by atoms with Crippen LogP contribution in [-0.4, -0.2) is 0 Å². The molecule has 0 spiro atoms. The van der Waals surface area contributed by atoms with Gasteiger partial charge in [0.2, 0.25) is 0 Å². The van der Waals surface area contributed by atoms with Crippen LogP contribution >= 0.6 is 21.7 Å². The molecule has 1 rings (SSSR count). The summed E-state index contributed by atoms with van der Waals surface area (Å²) in [6, 6.07) is 6.36. The van der Waals surface area contributed by atoms with Crippen LogP contribution in [0.5, 0.6) is 0 Å². The summed E-state index contributed by atoms with van der Waals surface area (Å²) in [7, 11) is 7.00. The Kier molecular flexibility index (Phi) is 3.31. The van der Waals surface area contributed by atoms with Crippen molar-refractivity contribution in [2.24, 2.45) is 0 Å². The second kappa shape index (κ2) is 3.93. The van der Waals surface area contributed by atoms with E-state index in [1.807, 2.05) is 0 Å². The zero-order chi connectivity index (χ0) is 10.1. The fourth-order valence-corrected chi connectivity index (χ4v) is 2.03. The molecule has 0 fully saturated rings. The zero-order valence-corrected chi connectivity index (χ0v) is 10.1. The maximum atomic E-state index is 5.72. The van der Waals surface area contributed by atoms with Crippen molar-refractivity contribution in [3.8, 4) is 0 Å². The Bertz CT molecular complexity index is 299. The van der Waals surface area contributed by atoms with Crippen LogP contribution in [0.15, 0.2) is 23.1 Å². The summed E-state index contributed by atoms with van der Waals surface area (Å²) in [5.74, 6) is 0. The number of hydrogen-bond donors (Lipinski definition) is 0. The van der Waals surface area contributed by atoms with E-state index in [0.29, 0.717) is 0 Å². The SMILES string of the molecule is Cc1ccc(SCl)cc1C(C)(C)C. The third-order valence-corrected chi connectivity index (χ3v) is 3.07. The van der Waals surface area contributed by atoms with Crippen molar-refractivity contribution < 1.29 is 0 Å². The van der Waals surface area contributed by atoms with Gasteiger partial charge < -0.3 is 0 Å². The van der Waals surface area contributed by atoms with Crippen molar-refractivity contribution in [2.45, 2.75) is 38.0 Å². The molecule has 0 atom stereocenters. The smallest absolute Gasteiger partial charge is 0.0236 e. The van der Waals surface area contributed by atoms with Gasteiger partial charge in [-0.15, -0.1) is 0 Å². The Morgan fingerprint density at radius 1 is 1.23 bits per heavy atom. The summed E-state index contributed by atoms with van der Waals surface area (Å²) in [5.41, 5.74) is 2.91. The third kappa shape index (κ3) is 2.65. The highest BCUT2D eigenvalue weighted by Crippen LogP contribution is 2.31. The largest absolute Gasteiger partial charge is 0.0579 e. The van der Waals surface area contributed by atoms with E-state index >= 15 is 0 Å². The lowest BCUT2D eigenvalue weighted by Gasteiger charge is -2.22. The number of benzene rings is 1. The van der Waals surface area contributed by atoms with Gasteiger partial charge in [0.1, 0.15) is 0 Å². The molecule has 0 saturated carbocycles. The fourth-order valence-electron chi connectivity index (χ4n) is 1.46. The van der Waals surface area contributed by atoms with Crippen LogP contribution < -0.4 is 0 Å². The van der Waals surface area contributed by atoms with Gasteiger partial charge in [-0.3, -0.25) is 0 Å². The first-order valence-corrected chi connectivity index (χ1v) is 5.99. The lowest BCUT2D eigenvalue weighted by Crippen LogP contribution is -2.12. The molecule has 13 heavy (non-hydrogen) atoms. The molecule has 1 aromatic rings. The maximum Gasteiger partial charge on any atom is 0.0236 e. The quantitative estimate of drug-likeness (QED) is 0.662. The number of aryl methyl sites for hydroxylation is 1. The molecule has 0 aliphatic heterocycles. The first-order chi connectivity index (χ1) is 5.95. The van der Waals surface area contributed by atoms with Gasteiger partial charge in [-0.2, -0.15) is 0 Å². The van der Waals surface area contributed by atoms with Gasteiger partial charge in [0.25, 0.3) is 0 Å². The van der Waals surface area contributed by atoms with Gasteiger partial charge in [0, 0.05) is 4.90 Å². The molecule has 0 unspecified atom stereocenters. The first kappa shape index (κ1) is 10.9. The Labute approximate surface area is 89.2 Å². The molecule has 0 amide bonds. The minimum atomic E-state index is 0.201. The molecule has 0 nitrogen and oxygen atoms in total. The van der Waals surface area contributed by atoms with Crippen molar-refractivity contribution in [3.05, 3.63) is 29.3 Å². The average molecular weight is 215 g/mol. The monoisotopic (exact) mass is 214 g/mol. The number of hydrogen-bond acceptors (Lipinski definition) is 1. The van der Waals surface area contributed by atoms with Crippen LogP contribution in [0.4, 0.5) is 0 Å². The highest BCUT2D eigenvalue weighted by atomic mass is 35.7. The van der Waals surface area contributed by atoms with Gasteiger partial charge in [-0.25, -0.2) is 0 Å². The zero-order valence-electron chi connectivity index (χ0n) is 8.52. The molecule has 0 aliphatic carbocycles. The van der Waals surface area contributed by atoms with E-state index in [2.05, 4.69) is 45.9 Å². The standard InChI is InChI=1S/C11H15ClS/c1-8-5-6-9(13-12)7-10(8)11(2,3)4/h5-7H,1-4H3. The van der Waals surface area contributed by atoms with Gasteiger partial charge in [0.15, 0.2) is 0 Å². The second-order valence-corrected chi connectivity index (χ2v) is 5.39. The predicted octanol–water partition coefficient (Wildman–Crippen LogP) is 4.54. The molecule has 0 bridgehead atoms. The molecule has 0 N–H and O–H groups in total. The van der Waals surface area contributed by atoms with Crippen LogP contribution in [0.2, 0.25) is 0 Å². The van der Waals surface area contributed by atoms with Crippen molar-refractivity contribution >= 4 is 21.7 Å². The molecule has 72 valence electrons.